The topological polar surface area (TPSA) is 46.3 Å². The van der Waals surface area contributed by atoms with Crippen LogP contribution in [0.4, 0.5) is 5.69 Å². The Kier molecular flexibility index (Phi) is 5.26. The van der Waals surface area contributed by atoms with E-state index in [1.165, 1.54) is 11.3 Å². The van der Waals surface area contributed by atoms with Crippen LogP contribution in [0, 0.1) is 0 Å². The molecule has 1 atom stereocenters. The van der Waals surface area contributed by atoms with Gasteiger partial charge in [0.1, 0.15) is 0 Å². The first-order chi connectivity index (χ1) is 9.95. The summed E-state index contributed by atoms with van der Waals surface area (Å²) in [5, 5.41) is 0. The Hall–Kier alpha value is -1.52. The van der Waals surface area contributed by atoms with Crippen molar-refractivity contribution in [1.29, 1.82) is 0 Å². The summed E-state index contributed by atoms with van der Waals surface area (Å²) in [6, 6.07) is 11.5. The van der Waals surface area contributed by atoms with Gasteiger partial charge in [-0.2, -0.15) is 0 Å². The molecule has 2 N–H and O–H groups in total. The zero-order valence-corrected chi connectivity index (χ0v) is 13.7. The highest BCUT2D eigenvalue weighted by Gasteiger charge is 2.15. The molecule has 1 heterocycles. The number of carbonyl (C=O) groups is 1. The van der Waals surface area contributed by atoms with Crippen molar-refractivity contribution in [2.24, 2.45) is 0 Å². The molecule has 0 fully saturated rings. The molecule has 0 aliphatic heterocycles. The Morgan fingerprint density at radius 1 is 1.29 bits per heavy atom. The molecule has 0 saturated carbocycles. The lowest BCUT2D eigenvalue weighted by Crippen LogP contribution is -2.26. The molecule has 2 aromatic rings. The Morgan fingerprint density at radius 2 is 1.95 bits per heavy atom. The lowest BCUT2D eigenvalue weighted by Gasteiger charge is -2.19. The first-order valence-corrected chi connectivity index (χ1v) is 7.98. The van der Waals surface area contributed by atoms with Gasteiger partial charge in [-0.25, -0.2) is 0 Å². The molecule has 1 aromatic carbocycles. The number of hydrogen-bond acceptors (Lipinski definition) is 3. The number of rotatable bonds is 5. The van der Waals surface area contributed by atoms with E-state index in [1.807, 2.05) is 43.4 Å². The third-order valence-electron chi connectivity index (χ3n) is 3.43. The average Bonchev–Trinajstić information content (AvgIpc) is 2.84. The summed E-state index contributed by atoms with van der Waals surface area (Å²) in [6.07, 6.45) is 0.486. The zero-order chi connectivity index (χ0) is 15.4. The van der Waals surface area contributed by atoms with Crippen LogP contribution in [-0.4, -0.2) is 17.9 Å². The average molecular weight is 323 g/mol. The fraction of sp³-hybridized carbons (Fsp3) is 0.312. The number of thiophene rings is 1. The van der Waals surface area contributed by atoms with Crippen LogP contribution in [-0.2, 0) is 11.3 Å². The van der Waals surface area contributed by atoms with E-state index in [9.17, 15) is 4.79 Å². The highest BCUT2D eigenvalue weighted by atomic mass is 35.5. The number of halogens is 1. The smallest absolute Gasteiger partial charge is 0.223 e. The minimum absolute atomic E-state index is 0.129. The third kappa shape index (κ3) is 4.48. The number of anilines is 1. The molecule has 0 bridgehead atoms. The number of benzene rings is 1. The van der Waals surface area contributed by atoms with Crippen molar-refractivity contribution >= 4 is 34.5 Å². The number of nitrogens with zero attached hydrogens (tertiary/aromatic N) is 1. The van der Waals surface area contributed by atoms with Crippen molar-refractivity contribution < 1.29 is 4.79 Å². The molecule has 3 nitrogen and oxygen atoms in total. The van der Waals surface area contributed by atoms with Crippen molar-refractivity contribution in [3.8, 4) is 0 Å². The van der Waals surface area contributed by atoms with Crippen LogP contribution in [0.1, 0.15) is 29.7 Å². The molecule has 2 rings (SSSR count). The van der Waals surface area contributed by atoms with Crippen molar-refractivity contribution in [2.45, 2.75) is 25.8 Å². The monoisotopic (exact) mass is 322 g/mol. The maximum Gasteiger partial charge on any atom is 0.223 e. The molecule has 0 aliphatic rings. The molecule has 0 radical (unpaired) electrons. The fourth-order valence-corrected chi connectivity index (χ4v) is 3.26. The summed E-state index contributed by atoms with van der Waals surface area (Å²) in [6.45, 7) is 2.66. The van der Waals surface area contributed by atoms with E-state index in [0.29, 0.717) is 13.0 Å². The Morgan fingerprint density at radius 3 is 2.52 bits per heavy atom. The van der Waals surface area contributed by atoms with Gasteiger partial charge in [0.2, 0.25) is 5.91 Å². The van der Waals surface area contributed by atoms with Gasteiger partial charge in [-0.3, -0.25) is 4.79 Å². The van der Waals surface area contributed by atoms with Crippen LogP contribution >= 0.6 is 22.9 Å². The number of amides is 1. The summed E-state index contributed by atoms with van der Waals surface area (Å²) >= 11 is 7.41. The van der Waals surface area contributed by atoms with E-state index in [-0.39, 0.29) is 11.8 Å². The minimum Gasteiger partial charge on any atom is -0.399 e. The van der Waals surface area contributed by atoms with Crippen LogP contribution < -0.4 is 5.73 Å². The highest BCUT2D eigenvalue weighted by molar-refractivity contribution is 7.16. The van der Waals surface area contributed by atoms with Crippen LogP contribution in [0.5, 0.6) is 0 Å². The lowest BCUT2D eigenvalue weighted by molar-refractivity contribution is -0.130. The van der Waals surface area contributed by atoms with E-state index in [1.54, 1.807) is 4.90 Å². The molecule has 1 unspecified atom stereocenters. The van der Waals surface area contributed by atoms with Crippen molar-refractivity contribution in [2.75, 3.05) is 12.8 Å². The van der Waals surface area contributed by atoms with Crippen LogP contribution in [0.2, 0.25) is 4.34 Å². The van der Waals surface area contributed by atoms with Gasteiger partial charge in [-0.15, -0.1) is 11.3 Å². The summed E-state index contributed by atoms with van der Waals surface area (Å²) in [5.74, 6) is 0.302. The normalized spacial score (nSPS) is 12.1. The van der Waals surface area contributed by atoms with Gasteiger partial charge in [-0.05, 0) is 35.7 Å². The molecule has 21 heavy (non-hydrogen) atoms. The van der Waals surface area contributed by atoms with Gasteiger partial charge < -0.3 is 10.6 Å². The molecule has 1 amide bonds. The molecule has 112 valence electrons. The van der Waals surface area contributed by atoms with Gasteiger partial charge in [0.05, 0.1) is 10.9 Å². The summed E-state index contributed by atoms with van der Waals surface area (Å²) < 4.78 is 0.751. The van der Waals surface area contributed by atoms with E-state index in [2.05, 4.69) is 6.92 Å². The van der Waals surface area contributed by atoms with Crippen LogP contribution in [0.25, 0.3) is 0 Å². The summed E-state index contributed by atoms with van der Waals surface area (Å²) in [4.78, 5) is 15.1. The first kappa shape index (κ1) is 15.9. The lowest BCUT2D eigenvalue weighted by atomic mass is 9.97. The minimum atomic E-state index is 0.129. The maximum atomic E-state index is 12.3. The molecule has 0 saturated heterocycles. The van der Waals surface area contributed by atoms with Gasteiger partial charge >= 0.3 is 0 Å². The molecule has 0 aliphatic carbocycles. The van der Waals surface area contributed by atoms with E-state index in [4.69, 9.17) is 17.3 Å². The second kappa shape index (κ2) is 6.96. The summed E-state index contributed by atoms with van der Waals surface area (Å²) in [5.41, 5.74) is 7.55. The predicted octanol–water partition coefficient (Wildman–Crippen LogP) is 4.14. The number of nitrogens with two attached hydrogens (primary N) is 1. The second-order valence-corrected chi connectivity index (χ2v) is 7.03. The van der Waals surface area contributed by atoms with Crippen molar-refractivity contribution in [3.05, 3.63) is 51.2 Å². The standard InChI is InChI=1S/C16H19ClN2OS/c1-11(12-3-5-13(18)6-4-12)9-16(20)19(2)10-14-7-8-15(17)21-14/h3-8,11H,9-10,18H2,1-2H3. The first-order valence-electron chi connectivity index (χ1n) is 6.79. The van der Waals surface area contributed by atoms with E-state index < -0.39 is 0 Å². The van der Waals surface area contributed by atoms with Gasteiger partial charge in [-0.1, -0.05) is 30.7 Å². The number of carbonyl (C=O) groups excluding carboxylic acids is 1. The predicted molar refractivity (Wildman–Crippen MR) is 89.7 cm³/mol. The molecule has 5 heteroatoms. The Labute approximate surface area is 134 Å². The molecular weight excluding hydrogens is 304 g/mol. The van der Waals surface area contributed by atoms with Gasteiger partial charge in [0.25, 0.3) is 0 Å². The van der Waals surface area contributed by atoms with Gasteiger partial charge in [0, 0.05) is 24.0 Å². The largest absolute Gasteiger partial charge is 0.399 e. The highest BCUT2D eigenvalue weighted by Crippen LogP contribution is 2.24. The SMILES string of the molecule is CC(CC(=O)N(C)Cc1ccc(Cl)s1)c1ccc(N)cc1. The molecular formula is C16H19ClN2OS. The maximum absolute atomic E-state index is 12.3. The van der Waals surface area contributed by atoms with Crippen LogP contribution in [0.15, 0.2) is 36.4 Å². The third-order valence-corrected chi connectivity index (χ3v) is 4.65. The number of nitrogen functional groups attached to an aromatic ring is 1. The molecule has 1 aromatic heterocycles. The Balaban J connectivity index is 1.92. The molecule has 0 spiro atoms. The van der Waals surface area contributed by atoms with E-state index in [0.717, 1.165) is 20.5 Å². The van der Waals surface area contributed by atoms with Crippen molar-refractivity contribution in [1.82, 2.24) is 4.90 Å². The van der Waals surface area contributed by atoms with Crippen molar-refractivity contribution in [3.63, 3.8) is 0 Å². The van der Waals surface area contributed by atoms with Crippen LogP contribution in [0.3, 0.4) is 0 Å². The summed E-state index contributed by atoms with van der Waals surface area (Å²) in [7, 11) is 1.83. The second-order valence-electron chi connectivity index (χ2n) is 5.23. The van der Waals surface area contributed by atoms with Gasteiger partial charge in [0.15, 0.2) is 0 Å². The van der Waals surface area contributed by atoms with E-state index >= 15 is 0 Å². The Bertz CT molecular complexity index is 609. The zero-order valence-electron chi connectivity index (χ0n) is 12.2. The quantitative estimate of drug-likeness (QED) is 0.841. The number of hydrogen-bond donors (Lipinski definition) is 1. The fourth-order valence-electron chi connectivity index (χ4n) is 2.12.